The molecule has 0 aliphatic heterocycles. The predicted octanol–water partition coefficient (Wildman–Crippen LogP) is 3.76. The Kier molecular flexibility index (Phi) is 7.92. The molecule has 12 heteroatoms. The third-order valence-corrected chi connectivity index (χ3v) is 6.05. The lowest BCUT2D eigenvalue weighted by molar-refractivity contribution is -0.137. The van der Waals surface area contributed by atoms with E-state index in [9.17, 15) is 31.2 Å². The Hall–Kier alpha value is -2.63. The number of carbonyl (C=O) groups excluding carboxylic acids is 2. The quantitative estimate of drug-likeness (QED) is 0.616. The summed E-state index contributed by atoms with van der Waals surface area (Å²) in [7, 11) is -2.52. The van der Waals surface area contributed by atoms with E-state index < -0.39 is 45.1 Å². The van der Waals surface area contributed by atoms with Gasteiger partial charge in [0, 0.05) is 24.3 Å². The maximum atomic E-state index is 13.0. The highest BCUT2D eigenvalue weighted by Crippen LogP contribution is 2.36. The van der Waals surface area contributed by atoms with E-state index in [4.69, 9.17) is 11.6 Å². The van der Waals surface area contributed by atoms with Crippen molar-refractivity contribution < 1.29 is 31.2 Å². The topological polar surface area (TPSA) is 95.6 Å². The molecule has 0 aliphatic rings. The number of hydrogen-bond acceptors (Lipinski definition) is 4. The lowest BCUT2D eigenvalue weighted by atomic mass is 10.2. The molecule has 0 atom stereocenters. The Morgan fingerprint density at radius 2 is 1.78 bits per heavy atom. The molecule has 0 spiro atoms. The van der Waals surface area contributed by atoms with Crippen LogP contribution in [0.25, 0.3) is 0 Å². The maximum Gasteiger partial charge on any atom is 0.417 e. The second kappa shape index (κ2) is 9.88. The summed E-state index contributed by atoms with van der Waals surface area (Å²) in [6, 6.07) is 7.83. The number of likely N-dealkylation sites (N-methyl/N-ethyl adjacent to an activating group) is 1. The Morgan fingerprint density at radius 1 is 1.12 bits per heavy atom. The minimum Gasteiger partial charge on any atom is -0.332 e. The molecule has 0 heterocycles. The monoisotopic (exact) mass is 491 g/mol. The standard InChI is InChI=1S/C20H21ClF3N3O4S/c1-12(2)26-32(30,31)15-6-4-5-13(9-15)19(29)27(3)11-18(28)25-14-7-8-17(21)16(10-14)20(22,23)24/h4-10,12,26H,11H2,1-3H3,(H,25,28). The molecule has 0 unspecified atom stereocenters. The van der Waals surface area contributed by atoms with E-state index in [1.165, 1.54) is 37.4 Å². The number of halogens is 4. The van der Waals surface area contributed by atoms with Gasteiger partial charge in [-0.2, -0.15) is 13.2 Å². The molecule has 2 N–H and O–H groups in total. The molecule has 2 aromatic rings. The van der Waals surface area contributed by atoms with Gasteiger partial charge in [0.15, 0.2) is 0 Å². The molecule has 0 aliphatic carbocycles. The SMILES string of the molecule is CC(C)NS(=O)(=O)c1cccc(C(=O)N(C)CC(=O)Nc2ccc(Cl)c(C(F)(F)F)c2)c1. The van der Waals surface area contributed by atoms with Crippen LogP contribution in [0, 0.1) is 0 Å². The van der Waals surface area contributed by atoms with E-state index in [1.807, 2.05) is 0 Å². The number of benzene rings is 2. The van der Waals surface area contributed by atoms with Gasteiger partial charge in [0.2, 0.25) is 15.9 Å². The van der Waals surface area contributed by atoms with Crippen LogP contribution < -0.4 is 10.0 Å². The number of nitrogens with one attached hydrogen (secondary N) is 2. The van der Waals surface area contributed by atoms with Gasteiger partial charge in [-0.3, -0.25) is 9.59 Å². The van der Waals surface area contributed by atoms with Gasteiger partial charge in [-0.15, -0.1) is 0 Å². The summed E-state index contributed by atoms with van der Waals surface area (Å²) in [4.78, 5) is 25.8. The lowest BCUT2D eigenvalue weighted by Crippen LogP contribution is -2.35. The molecule has 0 saturated heterocycles. The molecule has 2 aromatic carbocycles. The Labute approximate surface area is 188 Å². The van der Waals surface area contributed by atoms with Gasteiger partial charge < -0.3 is 10.2 Å². The largest absolute Gasteiger partial charge is 0.417 e. The summed E-state index contributed by atoms with van der Waals surface area (Å²) in [5.41, 5.74) is -1.22. The van der Waals surface area contributed by atoms with Gasteiger partial charge >= 0.3 is 6.18 Å². The number of carbonyl (C=O) groups is 2. The number of amides is 2. The van der Waals surface area contributed by atoms with Crippen LogP contribution in [0.2, 0.25) is 5.02 Å². The van der Waals surface area contributed by atoms with Gasteiger partial charge in [0.05, 0.1) is 22.0 Å². The minimum absolute atomic E-state index is 0.0257. The zero-order valence-corrected chi connectivity index (χ0v) is 18.9. The molecule has 2 rings (SSSR count). The van der Waals surface area contributed by atoms with E-state index in [-0.39, 0.29) is 22.2 Å². The van der Waals surface area contributed by atoms with Crippen LogP contribution in [0.5, 0.6) is 0 Å². The number of nitrogens with zero attached hydrogens (tertiary/aromatic N) is 1. The van der Waals surface area contributed by atoms with Gasteiger partial charge in [-0.1, -0.05) is 17.7 Å². The van der Waals surface area contributed by atoms with Crippen molar-refractivity contribution in [1.82, 2.24) is 9.62 Å². The molecular weight excluding hydrogens is 471 g/mol. The van der Waals surface area contributed by atoms with Gasteiger partial charge in [0.1, 0.15) is 0 Å². The Balaban J connectivity index is 2.12. The first-order chi connectivity index (χ1) is 14.7. The molecule has 0 aromatic heterocycles. The molecule has 0 bridgehead atoms. The van der Waals surface area contributed by atoms with Crippen LogP contribution in [0.15, 0.2) is 47.4 Å². The number of anilines is 1. The maximum absolute atomic E-state index is 13.0. The molecule has 174 valence electrons. The highest BCUT2D eigenvalue weighted by molar-refractivity contribution is 7.89. The highest BCUT2D eigenvalue weighted by atomic mass is 35.5. The summed E-state index contributed by atoms with van der Waals surface area (Å²) in [6.07, 6.45) is -4.69. The second-order valence-corrected chi connectivity index (χ2v) is 9.33. The van der Waals surface area contributed by atoms with Crippen LogP contribution in [-0.4, -0.2) is 44.8 Å². The smallest absolute Gasteiger partial charge is 0.332 e. The summed E-state index contributed by atoms with van der Waals surface area (Å²) in [6.45, 7) is 2.82. The Bertz CT molecular complexity index is 1120. The fourth-order valence-electron chi connectivity index (χ4n) is 2.70. The molecule has 0 saturated carbocycles. The van der Waals surface area contributed by atoms with Crippen LogP contribution in [0.3, 0.4) is 0 Å². The van der Waals surface area contributed by atoms with Crippen molar-refractivity contribution in [2.24, 2.45) is 0 Å². The van der Waals surface area contributed by atoms with Gasteiger partial charge in [0.25, 0.3) is 5.91 Å². The fourth-order valence-corrected chi connectivity index (χ4v) is 4.22. The summed E-state index contributed by atoms with van der Waals surface area (Å²) < 4.78 is 65.9. The number of alkyl halides is 3. The summed E-state index contributed by atoms with van der Waals surface area (Å²) >= 11 is 5.55. The van der Waals surface area contributed by atoms with Crippen molar-refractivity contribution in [2.75, 3.05) is 18.9 Å². The zero-order valence-electron chi connectivity index (χ0n) is 17.3. The zero-order chi connectivity index (χ0) is 24.3. The summed E-state index contributed by atoms with van der Waals surface area (Å²) in [5.74, 6) is -1.39. The highest BCUT2D eigenvalue weighted by Gasteiger charge is 2.33. The van der Waals surface area contributed by atoms with Crippen molar-refractivity contribution in [3.63, 3.8) is 0 Å². The molecule has 32 heavy (non-hydrogen) atoms. The molecule has 0 radical (unpaired) electrons. The summed E-state index contributed by atoms with van der Waals surface area (Å²) in [5, 5.41) is 1.77. The first kappa shape index (κ1) is 25.6. The van der Waals surface area contributed by atoms with E-state index in [2.05, 4.69) is 10.0 Å². The molecule has 2 amide bonds. The predicted molar refractivity (Wildman–Crippen MR) is 114 cm³/mol. The van der Waals surface area contributed by atoms with Crippen molar-refractivity contribution in [2.45, 2.75) is 31.0 Å². The molecule has 0 fully saturated rings. The number of hydrogen-bond donors (Lipinski definition) is 2. The Morgan fingerprint density at radius 3 is 2.38 bits per heavy atom. The average Bonchev–Trinajstić information content (AvgIpc) is 2.67. The lowest BCUT2D eigenvalue weighted by Gasteiger charge is -2.18. The average molecular weight is 492 g/mol. The van der Waals surface area contributed by atoms with E-state index in [0.29, 0.717) is 6.07 Å². The van der Waals surface area contributed by atoms with Crippen molar-refractivity contribution >= 4 is 39.1 Å². The third-order valence-electron chi connectivity index (χ3n) is 4.07. The number of sulfonamides is 1. The normalized spacial score (nSPS) is 12.0. The van der Waals surface area contributed by atoms with Crippen molar-refractivity contribution in [3.8, 4) is 0 Å². The van der Waals surface area contributed by atoms with Gasteiger partial charge in [-0.05, 0) is 50.2 Å². The van der Waals surface area contributed by atoms with Crippen LogP contribution in [0.4, 0.5) is 18.9 Å². The van der Waals surface area contributed by atoms with Crippen LogP contribution in [-0.2, 0) is 21.0 Å². The minimum atomic E-state index is -4.69. The van der Waals surface area contributed by atoms with E-state index in [1.54, 1.807) is 13.8 Å². The first-order valence-electron chi connectivity index (χ1n) is 9.25. The van der Waals surface area contributed by atoms with Crippen molar-refractivity contribution in [3.05, 3.63) is 58.6 Å². The van der Waals surface area contributed by atoms with E-state index in [0.717, 1.165) is 11.0 Å². The van der Waals surface area contributed by atoms with Crippen LogP contribution >= 0.6 is 11.6 Å². The fraction of sp³-hybridized carbons (Fsp3) is 0.300. The first-order valence-corrected chi connectivity index (χ1v) is 11.1. The third kappa shape index (κ3) is 6.68. The number of rotatable bonds is 7. The van der Waals surface area contributed by atoms with E-state index >= 15 is 0 Å². The molecular formula is C20H21ClF3N3O4S. The van der Waals surface area contributed by atoms with Crippen molar-refractivity contribution in [1.29, 1.82) is 0 Å². The molecule has 7 nitrogen and oxygen atoms in total. The van der Waals surface area contributed by atoms with Gasteiger partial charge in [-0.25, -0.2) is 13.1 Å². The van der Waals surface area contributed by atoms with Crippen LogP contribution in [0.1, 0.15) is 29.8 Å². The second-order valence-electron chi connectivity index (χ2n) is 7.21.